The van der Waals surface area contributed by atoms with Gasteiger partial charge in [-0.1, -0.05) is 6.07 Å². The van der Waals surface area contributed by atoms with E-state index in [1.54, 1.807) is 18.2 Å². The Kier molecular flexibility index (Phi) is 4.89. The average molecular weight is 342 g/mol. The summed E-state index contributed by atoms with van der Waals surface area (Å²) in [4.78, 5) is 16.0. The molecule has 2 aromatic heterocycles. The predicted octanol–water partition coefficient (Wildman–Crippen LogP) is 2.87. The van der Waals surface area contributed by atoms with E-state index in [4.69, 9.17) is 4.74 Å². The quantitative estimate of drug-likeness (QED) is 0.771. The summed E-state index contributed by atoms with van der Waals surface area (Å²) in [6, 6.07) is 9.40. The molecule has 0 aliphatic carbocycles. The second kappa shape index (κ2) is 7.43. The third-order valence-corrected chi connectivity index (χ3v) is 3.19. The molecule has 126 valence electrons. The summed E-state index contributed by atoms with van der Waals surface area (Å²) in [6.07, 6.45) is 2.92. The van der Waals surface area contributed by atoms with Gasteiger partial charge in [0.1, 0.15) is 5.82 Å². The van der Waals surface area contributed by atoms with E-state index in [0.29, 0.717) is 11.6 Å². The van der Waals surface area contributed by atoms with Crippen molar-refractivity contribution in [2.45, 2.75) is 6.54 Å². The van der Waals surface area contributed by atoms with Crippen LogP contribution >= 0.6 is 0 Å². The lowest BCUT2D eigenvalue weighted by atomic mass is 10.2. The maximum absolute atomic E-state index is 13.7. The number of halogens is 2. The van der Waals surface area contributed by atoms with Crippen molar-refractivity contribution in [3.8, 4) is 11.6 Å². The molecule has 0 radical (unpaired) electrons. The Morgan fingerprint density at radius 3 is 2.72 bits per heavy atom. The van der Waals surface area contributed by atoms with Crippen LogP contribution in [-0.2, 0) is 6.54 Å². The molecule has 2 heterocycles. The Morgan fingerprint density at radius 2 is 1.96 bits per heavy atom. The smallest absolute Gasteiger partial charge is 0.272 e. The molecule has 3 aromatic rings. The van der Waals surface area contributed by atoms with Crippen molar-refractivity contribution < 1.29 is 18.3 Å². The lowest BCUT2D eigenvalue weighted by Crippen LogP contribution is -2.24. The zero-order valence-corrected chi connectivity index (χ0v) is 12.8. The number of hydrogen-bond acceptors (Lipinski definition) is 5. The van der Waals surface area contributed by atoms with Crippen molar-refractivity contribution in [1.29, 1.82) is 0 Å². The van der Waals surface area contributed by atoms with Crippen LogP contribution < -0.4 is 10.1 Å². The van der Waals surface area contributed by atoms with Crippen LogP contribution in [0.3, 0.4) is 0 Å². The molecule has 0 saturated heterocycles. The van der Waals surface area contributed by atoms with Gasteiger partial charge in [-0.15, -0.1) is 5.10 Å². The predicted molar refractivity (Wildman–Crippen MR) is 83.9 cm³/mol. The van der Waals surface area contributed by atoms with E-state index in [0.717, 1.165) is 6.07 Å². The highest BCUT2D eigenvalue weighted by Crippen LogP contribution is 2.26. The van der Waals surface area contributed by atoms with Crippen molar-refractivity contribution in [1.82, 2.24) is 20.5 Å². The highest BCUT2D eigenvalue weighted by Gasteiger charge is 2.12. The number of hydrogen-bond donors (Lipinski definition) is 1. The zero-order valence-electron chi connectivity index (χ0n) is 12.8. The lowest BCUT2D eigenvalue weighted by Gasteiger charge is -2.11. The van der Waals surface area contributed by atoms with Gasteiger partial charge in [0.25, 0.3) is 5.91 Å². The van der Waals surface area contributed by atoms with Gasteiger partial charge in [-0.05, 0) is 30.3 Å². The number of benzene rings is 1. The third kappa shape index (κ3) is 4.11. The van der Waals surface area contributed by atoms with Crippen LogP contribution in [0, 0.1) is 11.6 Å². The molecule has 0 fully saturated rings. The van der Waals surface area contributed by atoms with E-state index >= 15 is 0 Å². The zero-order chi connectivity index (χ0) is 17.6. The van der Waals surface area contributed by atoms with E-state index in [-0.39, 0.29) is 23.9 Å². The molecule has 0 bridgehead atoms. The second-order valence-corrected chi connectivity index (χ2v) is 4.94. The summed E-state index contributed by atoms with van der Waals surface area (Å²) in [7, 11) is 0. The Bertz CT molecular complexity index is 891. The largest absolute Gasteiger partial charge is 0.436 e. The van der Waals surface area contributed by atoms with Crippen LogP contribution in [-0.4, -0.2) is 21.1 Å². The Morgan fingerprint density at radius 1 is 1.12 bits per heavy atom. The number of ether oxygens (including phenoxy) is 1. The van der Waals surface area contributed by atoms with Gasteiger partial charge < -0.3 is 10.1 Å². The van der Waals surface area contributed by atoms with Gasteiger partial charge >= 0.3 is 0 Å². The molecule has 0 aliphatic heterocycles. The van der Waals surface area contributed by atoms with Crippen LogP contribution in [0.15, 0.2) is 54.9 Å². The Hall–Kier alpha value is -3.42. The van der Waals surface area contributed by atoms with Crippen molar-refractivity contribution >= 4 is 5.91 Å². The molecule has 0 atom stereocenters. The van der Waals surface area contributed by atoms with Crippen molar-refractivity contribution in [2.24, 2.45) is 0 Å². The standard InChI is InChI=1S/C17H12F2N4O2/c18-12-5-6-15(13(19)9-12)25-17-11(3-1-7-20-17)10-21-16(24)14-4-2-8-22-23-14/h1-9H,10H2,(H,21,24). The fraction of sp³-hybridized carbons (Fsp3) is 0.0588. The average Bonchev–Trinajstić information content (AvgIpc) is 2.63. The van der Waals surface area contributed by atoms with Gasteiger partial charge in [0.05, 0.1) is 0 Å². The summed E-state index contributed by atoms with van der Waals surface area (Å²) in [6.45, 7) is 0.0847. The summed E-state index contributed by atoms with van der Waals surface area (Å²) in [5, 5.41) is 9.99. The summed E-state index contributed by atoms with van der Waals surface area (Å²) in [5.41, 5.74) is 0.682. The van der Waals surface area contributed by atoms with Crippen LogP contribution in [0.25, 0.3) is 0 Å². The first-order chi connectivity index (χ1) is 12.1. The van der Waals surface area contributed by atoms with Gasteiger partial charge in [-0.25, -0.2) is 13.8 Å². The van der Waals surface area contributed by atoms with E-state index in [9.17, 15) is 13.6 Å². The maximum Gasteiger partial charge on any atom is 0.272 e. The van der Waals surface area contributed by atoms with E-state index < -0.39 is 17.5 Å². The molecule has 6 nitrogen and oxygen atoms in total. The minimum atomic E-state index is -0.847. The molecule has 0 unspecified atom stereocenters. The highest BCUT2D eigenvalue weighted by atomic mass is 19.1. The Balaban J connectivity index is 1.74. The first kappa shape index (κ1) is 16.4. The number of nitrogens with one attached hydrogen (secondary N) is 1. The van der Waals surface area contributed by atoms with Crippen molar-refractivity contribution in [3.63, 3.8) is 0 Å². The van der Waals surface area contributed by atoms with E-state index in [2.05, 4.69) is 20.5 Å². The van der Waals surface area contributed by atoms with Crippen LogP contribution in [0.4, 0.5) is 8.78 Å². The van der Waals surface area contributed by atoms with Gasteiger partial charge in [-0.3, -0.25) is 4.79 Å². The topological polar surface area (TPSA) is 77.0 Å². The van der Waals surface area contributed by atoms with Gasteiger partial charge in [0, 0.05) is 30.6 Å². The number of pyridine rings is 1. The summed E-state index contributed by atoms with van der Waals surface area (Å²) in [5.74, 6) is -2.03. The first-order valence-corrected chi connectivity index (χ1v) is 7.26. The SMILES string of the molecule is O=C(NCc1cccnc1Oc1ccc(F)cc1F)c1cccnn1. The number of nitrogens with zero attached hydrogens (tertiary/aromatic N) is 3. The van der Waals surface area contributed by atoms with Crippen molar-refractivity contribution in [2.75, 3.05) is 0 Å². The third-order valence-electron chi connectivity index (χ3n) is 3.19. The lowest BCUT2D eigenvalue weighted by molar-refractivity contribution is 0.0944. The van der Waals surface area contributed by atoms with E-state index in [1.807, 2.05) is 0 Å². The fourth-order valence-corrected chi connectivity index (χ4v) is 2.00. The fourth-order valence-electron chi connectivity index (χ4n) is 2.00. The molecule has 1 aromatic carbocycles. The van der Waals surface area contributed by atoms with Crippen LogP contribution in [0.2, 0.25) is 0 Å². The molecule has 1 amide bonds. The minimum Gasteiger partial charge on any atom is -0.436 e. The van der Waals surface area contributed by atoms with E-state index in [1.165, 1.54) is 24.5 Å². The minimum absolute atomic E-state index is 0.0847. The molecular weight excluding hydrogens is 330 g/mol. The maximum atomic E-state index is 13.7. The Labute approximate surface area is 141 Å². The van der Waals surface area contributed by atoms with Gasteiger partial charge in [-0.2, -0.15) is 5.10 Å². The van der Waals surface area contributed by atoms with Crippen LogP contribution in [0.1, 0.15) is 16.1 Å². The molecule has 0 aliphatic rings. The second-order valence-electron chi connectivity index (χ2n) is 4.94. The first-order valence-electron chi connectivity index (χ1n) is 7.26. The molecule has 8 heteroatoms. The van der Waals surface area contributed by atoms with Crippen molar-refractivity contribution in [3.05, 3.63) is 77.8 Å². The number of carbonyl (C=O) groups is 1. The number of carbonyl (C=O) groups excluding carboxylic acids is 1. The molecular formula is C17H12F2N4O2. The van der Waals surface area contributed by atoms with Gasteiger partial charge in [0.15, 0.2) is 17.3 Å². The van der Waals surface area contributed by atoms with Crippen LogP contribution in [0.5, 0.6) is 11.6 Å². The molecule has 25 heavy (non-hydrogen) atoms. The number of rotatable bonds is 5. The summed E-state index contributed by atoms with van der Waals surface area (Å²) >= 11 is 0. The normalized spacial score (nSPS) is 10.3. The summed E-state index contributed by atoms with van der Waals surface area (Å²) < 4.78 is 32.1. The number of amides is 1. The highest BCUT2D eigenvalue weighted by molar-refractivity contribution is 5.91. The molecule has 1 N–H and O–H groups in total. The molecule has 3 rings (SSSR count). The number of aromatic nitrogens is 3. The monoisotopic (exact) mass is 342 g/mol. The molecule has 0 spiro atoms. The molecule has 0 saturated carbocycles. The van der Waals surface area contributed by atoms with Gasteiger partial charge in [0.2, 0.25) is 5.88 Å².